The van der Waals surface area contributed by atoms with Crippen molar-refractivity contribution in [3.63, 3.8) is 0 Å². The van der Waals surface area contributed by atoms with Crippen molar-refractivity contribution in [2.24, 2.45) is 5.41 Å². The Balaban J connectivity index is 2.36. The van der Waals surface area contributed by atoms with Crippen molar-refractivity contribution in [2.75, 3.05) is 27.3 Å². The maximum absolute atomic E-state index is 12.8. The van der Waals surface area contributed by atoms with Crippen molar-refractivity contribution < 1.29 is 14.3 Å². The van der Waals surface area contributed by atoms with Gasteiger partial charge in [-0.15, -0.1) is 0 Å². The Morgan fingerprint density at radius 1 is 1.32 bits per heavy atom. The Morgan fingerprint density at radius 2 is 2.11 bits per heavy atom. The molecule has 4 nitrogen and oxygen atoms in total. The van der Waals surface area contributed by atoms with E-state index in [0.717, 1.165) is 19.4 Å². The molecule has 0 spiro atoms. The summed E-state index contributed by atoms with van der Waals surface area (Å²) >= 11 is 0. The zero-order valence-electron chi connectivity index (χ0n) is 11.8. The lowest BCUT2D eigenvalue weighted by atomic mass is 9.76. The second-order valence-electron chi connectivity index (χ2n) is 5.24. The van der Waals surface area contributed by atoms with Gasteiger partial charge in [-0.05, 0) is 37.6 Å². The van der Waals surface area contributed by atoms with E-state index in [0.29, 0.717) is 23.6 Å². The zero-order valence-corrected chi connectivity index (χ0v) is 11.8. The highest BCUT2D eigenvalue weighted by atomic mass is 16.5. The largest absolute Gasteiger partial charge is 0.497 e. The van der Waals surface area contributed by atoms with Gasteiger partial charge in [-0.2, -0.15) is 0 Å². The highest BCUT2D eigenvalue weighted by Gasteiger charge is 2.36. The lowest BCUT2D eigenvalue weighted by Crippen LogP contribution is -2.43. The Kier molecular flexibility index (Phi) is 4.10. The number of carbonyl (C=O) groups is 1. The van der Waals surface area contributed by atoms with Crippen LogP contribution < -0.4 is 14.8 Å². The number of rotatable bonds is 4. The summed E-state index contributed by atoms with van der Waals surface area (Å²) in [6.07, 6.45) is 1.92. The number of hydrogen-bond donors (Lipinski definition) is 1. The number of nitrogens with one attached hydrogen (secondary N) is 1. The molecular weight excluding hydrogens is 242 g/mol. The normalized spacial score (nSPS) is 22.9. The standard InChI is InChI=1S/C15H21NO3/c1-15(7-4-8-16-10-15)14(17)12-9-11(18-2)5-6-13(12)19-3/h5-6,9,16H,4,7-8,10H2,1-3H3. The molecule has 1 aliphatic heterocycles. The molecule has 0 amide bonds. The van der Waals surface area contributed by atoms with Gasteiger partial charge >= 0.3 is 0 Å². The van der Waals surface area contributed by atoms with E-state index in [1.807, 2.05) is 6.92 Å². The van der Waals surface area contributed by atoms with Gasteiger partial charge in [-0.1, -0.05) is 6.92 Å². The van der Waals surface area contributed by atoms with Crippen LogP contribution in [0.4, 0.5) is 0 Å². The highest BCUT2D eigenvalue weighted by molar-refractivity contribution is 6.03. The van der Waals surface area contributed by atoms with E-state index >= 15 is 0 Å². The van der Waals surface area contributed by atoms with E-state index < -0.39 is 0 Å². The van der Waals surface area contributed by atoms with Crippen molar-refractivity contribution in [3.05, 3.63) is 23.8 Å². The van der Waals surface area contributed by atoms with Gasteiger partial charge in [0.2, 0.25) is 0 Å². The molecule has 0 aromatic heterocycles. The van der Waals surface area contributed by atoms with E-state index in [-0.39, 0.29) is 11.2 Å². The molecule has 2 rings (SSSR count). The second kappa shape index (κ2) is 5.61. The van der Waals surface area contributed by atoms with E-state index in [9.17, 15) is 4.79 Å². The SMILES string of the molecule is COc1ccc(OC)c(C(=O)C2(C)CCCNC2)c1. The Labute approximate surface area is 114 Å². The summed E-state index contributed by atoms with van der Waals surface area (Å²) in [5.41, 5.74) is 0.241. The van der Waals surface area contributed by atoms with Crippen LogP contribution in [-0.2, 0) is 0 Å². The summed E-state index contributed by atoms with van der Waals surface area (Å²) in [4.78, 5) is 12.8. The minimum atomic E-state index is -0.363. The maximum atomic E-state index is 12.8. The van der Waals surface area contributed by atoms with Gasteiger partial charge < -0.3 is 14.8 Å². The summed E-state index contributed by atoms with van der Waals surface area (Å²) in [6, 6.07) is 5.35. The van der Waals surface area contributed by atoms with Gasteiger partial charge in [0.1, 0.15) is 11.5 Å². The molecule has 4 heteroatoms. The lowest BCUT2D eigenvalue weighted by molar-refractivity contribution is 0.0769. The quantitative estimate of drug-likeness (QED) is 0.847. The van der Waals surface area contributed by atoms with Gasteiger partial charge in [0.05, 0.1) is 19.8 Å². The van der Waals surface area contributed by atoms with Crippen LogP contribution in [0.25, 0.3) is 0 Å². The van der Waals surface area contributed by atoms with Gasteiger partial charge in [-0.3, -0.25) is 4.79 Å². The molecule has 1 saturated heterocycles. The molecule has 0 radical (unpaired) electrons. The molecule has 0 aliphatic carbocycles. The first kappa shape index (κ1) is 13.9. The third-order valence-corrected chi connectivity index (χ3v) is 3.80. The van der Waals surface area contributed by atoms with Gasteiger partial charge in [0, 0.05) is 12.0 Å². The topological polar surface area (TPSA) is 47.6 Å². The second-order valence-corrected chi connectivity index (χ2v) is 5.24. The first-order valence-electron chi connectivity index (χ1n) is 6.58. The van der Waals surface area contributed by atoms with Gasteiger partial charge in [0.25, 0.3) is 0 Å². The first-order chi connectivity index (χ1) is 9.10. The Bertz CT molecular complexity index is 464. The van der Waals surface area contributed by atoms with Crippen LogP contribution in [0.5, 0.6) is 11.5 Å². The first-order valence-corrected chi connectivity index (χ1v) is 6.58. The summed E-state index contributed by atoms with van der Waals surface area (Å²) in [5, 5.41) is 3.30. The Hall–Kier alpha value is -1.55. The number of piperidine rings is 1. The van der Waals surface area contributed by atoms with Crippen molar-refractivity contribution in [1.29, 1.82) is 0 Å². The third-order valence-electron chi connectivity index (χ3n) is 3.80. The molecule has 1 unspecified atom stereocenters. The van der Waals surface area contributed by atoms with Gasteiger partial charge in [0.15, 0.2) is 5.78 Å². The summed E-state index contributed by atoms with van der Waals surface area (Å²) in [7, 11) is 3.18. The monoisotopic (exact) mass is 263 g/mol. The fourth-order valence-electron chi connectivity index (χ4n) is 2.57. The minimum Gasteiger partial charge on any atom is -0.497 e. The van der Waals surface area contributed by atoms with Crippen molar-refractivity contribution >= 4 is 5.78 Å². The van der Waals surface area contributed by atoms with Crippen LogP contribution in [-0.4, -0.2) is 33.1 Å². The molecule has 1 aromatic carbocycles. The molecular formula is C15H21NO3. The molecule has 1 fully saturated rings. The van der Waals surface area contributed by atoms with Crippen molar-refractivity contribution in [1.82, 2.24) is 5.32 Å². The van der Waals surface area contributed by atoms with Crippen molar-refractivity contribution in [3.8, 4) is 11.5 Å². The van der Waals surface area contributed by atoms with Crippen LogP contribution in [0.2, 0.25) is 0 Å². The van der Waals surface area contributed by atoms with Gasteiger partial charge in [-0.25, -0.2) is 0 Å². The number of ketones is 1. The zero-order chi connectivity index (χ0) is 13.9. The molecule has 1 N–H and O–H groups in total. The number of carbonyl (C=O) groups excluding carboxylic acids is 1. The fourth-order valence-corrected chi connectivity index (χ4v) is 2.57. The number of ether oxygens (including phenoxy) is 2. The van der Waals surface area contributed by atoms with Crippen LogP contribution in [0.1, 0.15) is 30.1 Å². The minimum absolute atomic E-state index is 0.121. The van der Waals surface area contributed by atoms with Crippen molar-refractivity contribution in [2.45, 2.75) is 19.8 Å². The lowest BCUT2D eigenvalue weighted by Gasteiger charge is -2.33. The number of methoxy groups -OCH3 is 2. The predicted molar refractivity (Wildman–Crippen MR) is 74.1 cm³/mol. The fraction of sp³-hybridized carbons (Fsp3) is 0.533. The molecule has 0 saturated carbocycles. The van der Waals surface area contributed by atoms with Crippen LogP contribution in [0.15, 0.2) is 18.2 Å². The molecule has 1 atom stereocenters. The molecule has 1 aromatic rings. The molecule has 1 aliphatic rings. The van der Waals surface area contributed by atoms with Crippen LogP contribution in [0, 0.1) is 5.41 Å². The summed E-state index contributed by atoms with van der Waals surface area (Å²) < 4.78 is 10.5. The number of benzene rings is 1. The smallest absolute Gasteiger partial charge is 0.173 e. The third kappa shape index (κ3) is 2.73. The molecule has 1 heterocycles. The highest BCUT2D eigenvalue weighted by Crippen LogP contribution is 2.34. The van der Waals surface area contributed by atoms with Crippen LogP contribution in [0.3, 0.4) is 0 Å². The van der Waals surface area contributed by atoms with E-state index in [4.69, 9.17) is 9.47 Å². The van der Waals surface area contributed by atoms with E-state index in [1.54, 1.807) is 32.4 Å². The average Bonchev–Trinajstić information content (AvgIpc) is 2.46. The Morgan fingerprint density at radius 3 is 2.68 bits per heavy atom. The van der Waals surface area contributed by atoms with E-state index in [1.165, 1.54) is 0 Å². The van der Waals surface area contributed by atoms with Crippen LogP contribution >= 0.6 is 0 Å². The predicted octanol–water partition coefficient (Wildman–Crippen LogP) is 2.28. The summed E-state index contributed by atoms with van der Waals surface area (Å²) in [5.74, 6) is 1.41. The summed E-state index contributed by atoms with van der Waals surface area (Å²) in [6.45, 7) is 3.71. The molecule has 0 bridgehead atoms. The number of hydrogen-bond acceptors (Lipinski definition) is 4. The molecule has 104 valence electrons. The molecule has 19 heavy (non-hydrogen) atoms. The average molecular weight is 263 g/mol. The number of Topliss-reactive ketones (excluding diaryl/α,β-unsaturated/α-hetero) is 1. The van der Waals surface area contributed by atoms with E-state index in [2.05, 4.69) is 5.32 Å². The maximum Gasteiger partial charge on any atom is 0.173 e.